The van der Waals surface area contributed by atoms with Crippen molar-refractivity contribution in [3.05, 3.63) is 60.5 Å². The molecule has 6 heteroatoms. The summed E-state index contributed by atoms with van der Waals surface area (Å²) in [5.74, 6) is 1.11. The van der Waals surface area contributed by atoms with E-state index in [-0.39, 0.29) is 0 Å². The molecule has 0 saturated heterocycles. The lowest BCUT2D eigenvalue weighted by Crippen LogP contribution is -2.01. The first kappa shape index (κ1) is 14.0. The highest BCUT2D eigenvalue weighted by atomic mass is 32.2. The van der Waals surface area contributed by atoms with Gasteiger partial charge in [0.15, 0.2) is 5.16 Å². The molecule has 0 aliphatic rings. The van der Waals surface area contributed by atoms with E-state index in [0.717, 1.165) is 21.8 Å². The fourth-order valence-electron chi connectivity index (χ4n) is 2.51. The van der Waals surface area contributed by atoms with Crippen LogP contribution in [0.2, 0.25) is 0 Å². The summed E-state index contributed by atoms with van der Waals surface area (Å²) in [4.78, 5) is 4.63. The maximum atomic E-state index is 5.81. The van der Waals surface area contributed by atoms with Gasteiger partial charge in [0.25, 0.3) is 0 Å². The van der Waals surface area contributed by atoms with E-state index in [1.54, 1.807) is 11.8 Å². The molecular weight excluding hydrogens is 308 g/mol. The van der Waals surface area contributed by atoms with Crippen molar-refractivity contribution in [2.75, 3.05) is 6.26 Å². The number of aromatic nitrogens is 4. The molecule has 2 aromatic heterocycles. The first-order valence-corrected chi connectivity index (χ1v) is 8.44. The highest BCUT2D eigenvalue weighted by Gasteiger charge is 2.14. The van der Waals surface area contributed by atoms with E-state index in [1.165, 1.54) is 0 Å². The number of hydrogen-bond donors (Lipinski definition) is 0. The molecule has 0 saturated carbocycles. The monoisotopic (exact) mass is 322 g/mol. The van der Waals surface area contributed by atoms with Crippen LogP contribution in [0.25, 0.3) is 22.5 Å². The molecule has 0 radical (unpaired) electrons. The predicted molar refractivity (Wildman–Crippen MR) is 90.4 cm³/mol. The Bertz CT molecular complexity index is 946. The SMILES string of the molecule is CSc1nc2ccccc2n1Cc1nnc(-c2ccccc2)o1. The van der Waals surface area contributed by atoms with Crippen LogP contribution in [0.15, 0.2) is 64.2 Å². The molecule has 0 fully saturated rings. The summed E-state index contributed by atoms with van der Waals surface area (Å²) in [5, 5.41) is 9.26. The molecular formula is C17H14N4OS. The van der Waals surface area contributed by atoms with E-state index in [9.17, 15) is 0 Å². The quantitative estimate of drug-likeness (QED) is 0.534. The Morgan fingerprint density at radius 2 is 1.78 bits per heavy atom. The summed E-state index contributed by atoms with van der Waals surface area (Å²) in [6.07, 6.45) is 2.01. The average molecular weight is 322 g/mol. The van der Waals surface area contributed by atoms with Crippen molar-refractivity contribution in [3.63, 3.8) is 0 Å². The summed E-state index contributed by atoms with van der Waals surface area (Å²) >= 11 is 1.61. The van der Waals surface area contributed by atoms with Gasteiger partial charge >= 0.3 is 0 Å². The third kappa shape index (κ3) is 2.61. The van der Waals surface area contributed by atoms with Crippen LogP contribution in [0.5, 0.6) is 0 Å². The normalized spacial score (nSPS) is 11.2. The Hall–Kier alpha value is -2.60. The summed E-state index contributed by atoms with van der Waals surface area (Å²) in [5.41, 5.74) is 2.96. The van der Waals surface area contributed by atoms with Gasteiger partial charge in [0.05, 0.1) is 11.0 Å². The largest absolute Gasteiger partial charge is 0.419 e. The van der Waals surface area contributed by atoms with Crippen molar-refractivity contribution in [2.24, 2.45) is 0 Å². The molecule has 0 spiro atoms. The van der Waals surface area contributed by atoms with Gasteiger partial charge in [-0.3, -0.25) is 0 Å². The second-order valence-corrected chi connectivity index (χ2v) is 5.81. The molecule has 0 bridgehead atoms. The van der Waals surface area contributed by atoms with Crippen molar-refractivity contribution >= 4 is 22.8 Å². The summed E-state index contributed by atoms with van der Waals surface area (Å²) in [7, 11) is 0. The van der Waals surface area contributed by atoms with E-state index < -0.39 is 0 Å². The zero-order valence-corrected chi connectivity index (χ0v) is 13.3. The molecule has 0 unspecified atom stereocenters. The minimum atomic E-state index is 0.510. The molecule has 114 valence electrons. The number of hydrogen-bond acceptors (Lipinski definition) is 5. The van der Waals surface area contributed by atoms with E-state index in [4.69, 9.17) is 4.42 Å². The van der Waals surface area contributed by atoms with Crippen LogP contribution >= 0.6 is 11.8 Å². The third-order valence-corrected chi connectivity index (χ3v) is 4.26. The molecule has 2 aromatic carbocycles. The number of rotatable bonds is 4. The summed E-state index contributed by atoms with van der Waals surface area (Å²) in [6.45, 7) is 0.510. The Morgan fingerprint density at radius 3 is 2.61 bits per heavy atom. The number of imidazole rings is 1. The van der Waals surface area contributed by atoms with Crippen LogP contribution in [0.4, 0.5) is 0 Å². The Kier molecular flexibility index (Phi) is 3.59. The van der Waals surface area contributed by atoms with Gasteiger partial charge in [-0.15, -0.1) is 10.2 Å². The van der Waals surface area contributed by atoms with Crippen LogP contribution in [-0.2, 0) is 6.54 Å². The molecule has 0 aliphatic heterocycles. The minimum Gasteiger partial charge on any atom is -0.419 e. The fraction of sp³-hybridized carbons (Fsp3) is 0.118. The van der Waals surface area contributed by atoms with Gasteiger partial charge in [0.1, 0.15) is 6.54 Å². The van der Waals surface area contributed by atoms with Gasteiger partial charge in [-0.1, -0.05) is 42.1 Å². The number of fused-ring (bicyclic) bond motifs is 1. The lowest BCUT2D eigenvalue weighted by Gasteiger charge is -2.03. The van der Waals surface area contributed by atoms with Crippen molar-refractivity contribution in [1.82, 2.24) is 19.7 Å². The second-order valence-electron chi connectivity index (χ2n) is 5.04. The van der Waals surface area contributed by atoms with Crippen LogP contribution in [0.3, 0.4) is 0 Å². The molecule has 4 aromatic rings. The molecule has 5 nitrogen and oxygen atoms in total. The standard InChI is InChI=1S/C17H14N4OS/c1-23-17-18-13-9-5-6-10-14(13)21(17)11-15-19-20-16(22-15)12-7-3-2-4-8-12/h2-10H,11H2,1H3. The van der Waals surface area contributed by atoms with Gasteiger partial charge in [-0.25, -0.2) is 4.98 Å². The fourth-order valence-corrected chi connectivity index (χ4v) is 3.09. The highest BCUT2D eigenvalue weighted by molar-refractivity contribution is 7.98. The number of nitrogens with zero attached hydrogens (tertiary/aromatic N) is 4. The smallest absolute Gasteiger partial charge is 0.247 e. The van der Waals surface area contributed by atoms with Crippen LogP contribution in [-0.4, -0.2) is 26.0 Å². The first-order valence-electron chi connectivity index (χ1n) is 7.22. The molecule has 23 heavy (non-hydrogen) atoms. The van der Waals surface area contributed by atoms with Crippen LogP contribution in [0, 0.1) is 0 Å². The van der Waals surface area contributed by atoms with E-state index in [2.05, 4.69) is 25.8 Å². The van der Waals surface area contributed by atoms with Gasteiger partial charge < -0.3 is 8.98 Å². The Balaban J connectivity index is 1.70. The zero-order chi connectivity index (χ0) is 15.6. The molecule has 4 rings (SSSR count). The van der Waals surface area contributed by atoms with Gasteiger partial charge in [0.2, 0.25) is 11.8 Å². The van der Waals surface area contributed by atoms with Crippen molar-refractivity contribution in [3.8, 4) is 11.5 Å². The molecule has 0 aliphatic carbocycles. The molecule has 0 atom stereocenters. The van der Waals surface area contributed by atoms with E-state index >= 15 is 0 Å². The minimum absolute atomic E-state index is 0.510. The number of benzene rings is 2. The predicted octanol–water partition coefficient (Wildman–Crippen LogP) is 3.86. The maximum Gasteiger partial charge on any atom is 0.247 e. The van der Waals surface area contributed by atoms with Crippen molar-refractivity contribution in [1.29, 1.82) is 0 Å². The highest BCUT2D eigenvalue weighted by Crippen LogP contribution is 2.24. The molecule has 2 heterocycles. The second kappa shape index (κ2) is 5.89. The third-order valence-electron chi connectivity index (χ3n) is 3.58. The molecule has 0 amide bonds. The maximum absolute atomic E-state index is 5.81. The number of thioether (sulfide) groups is 1. The average Bonchev–Trinajstić information content (AvgIpc) is 3.21. The number of para-hydroxylation sites is 2. The summed E-state index contributed by atoms with van der Waals surface area (Å²) < 4.78 is 7.91. The van der Waals surface area contributed by atoms with Crippen molar-refractivity contribution < 1.29 is 4.42 Å². The van der Waals surface area contributed by atoms with E-state index in [0.29, 0.717) is 18.3 Å². The van der Waals surface area contributed by atoms with Crippen LogP contribution in [0.1, 0.15) is 5.89 Å². The van der Waals surface area contributed by atoms with Crippen LogP contribution < -0.4 is 0 Å². The lowest BCUT2D eigenvalue weighted by molar-refractivity contribution is 0.482. The summed E-state index contributed by atoms with van der Waals surface area (Å²) in [6, 6.07) is 17.8. The van der Waals surface area contributed by atoms with Gasteiger partial charge in [-0.05, 0) is 30.5 Å². The first-order chi connectivity index (χ1) is 11.3. The van der Waals surface area contributed by atoms with E-state index in [1.807, 2.05) is 54.8 Å². The zero-order valence-electron chi connectivity index (χ0n) is 12.5. The Morgan fingerprint density at radius 1 is 1.00 bits per heavy atom. The topological polar surface area (TPSA) is 56.7 Å². The van der Waals surface area contributed by atoms with Gasteiger partial charge in [-0.2, -0.15) is 0 Å². The molecule has 0 N–H and O–H groups in total. The van der Waals surface area contributed by atoms with Crippen molar-refractivity contribution in [2.45, 2.75) is 11.7 Å². The lowest BCUT2D eigenvalue weighted by atomic mass is 10.2. The van der Waals surface area contributed by atoms with Gasteiger partial charge in [0, 0.05) is 5.56 Å². The Labute approximate surface area is 137 Å².